The molecule has 0 aliphatic carbocycles. The molecular weight excluding hydrogens is 326 g/mol. The van der Waals surface area contributed by atoms with Gasteiger partial charge in [-0.05, 0) is 42.4 Å². The first-order valence-electron chi connectivity index (χ1n) is 6.42. The predicted octanol–water partition coefficient (Wildman–Crippen LogP) is 4.96. The number of hydrogen-bond donors (Lipinski definition) is 1. The minimum Gasteiger partial charge on any atom is -0.464 e. The monoisotopic (exact) mass is 341 g/mol. The first-order valence-corrected chi connectivity index (χ1v) is 7.59. The van der Waals surface area contributed by atoms with E-state index >= 15 is 0 Å². The Morgan fingerprint density at radius 1 is 1.26 bits per heavy atom. The molecule has 2 aromatic rings. The summed E-state index contributed by atoms with van der Waals surface area (Å²) in [5.41, 5.74) is 1.10. The standard InChI is InChI=1S/C15H17BrClNO/c1-3-13-5-6-14(19-13)15(18-4-2)10-7-11(16)9-12(17)8-10/h5-9,15,18H,3-4H2,1-2H3. The summed E-state index contributed by atoms with van der Waals surface area (Å²) >= 11 is 9.61. The summed E-state index contributed by atoms with van der Waals surface area (Å²) < 4.78 is 6.83. The highest BCUT2D eigenvalue weighted by Gasteiger charge is 2.17. The molecule has 0 aliphatic rings. The summed E-state index contributed by atoms with van der Waals surface area (Å²) in [7, 11) is 0. The van der Waals surface area contributed by atoms with Crippen molar-refractivity contribution in [2.45, 2.75) is 26.3 Å². The molecule has 0 spiro atoms. The Balaban J connectivity index is 2.38. The van der Waals surface area contributed by atoms with E-state index in [1.54, 1.807) is 0 Å². The van der Waals surface area contributed by atoms with E-state index in [4.69, 9.17) is 16.0 Å². The first-order chi connectivity index (χ1) is 9.13. The SMILES string of the molecule is CCNC(c1cc(Cl)cc(Br)c1)c1ccc(CC)o1. The molecule has 2 rings (SSSR count). The van der Waals surface area contributed by atoms with Crippen LogP contribution in [0.25, 0.3) is 0 Å². The second kappa shape index (κ2) is 6.60. The summed E-state index contributed by atoms with van der Waals surface area (Å²) in [6.07, 6.45) is 0.901. The smallest absolute Gasteiger partial charge is 0.125 e. The van der Waals surface area contributed by atoms with E-state index in [1.165, 1.54) is 0 Å². The maximum atomic E-state index is 6.13. The molecular formula is C15H17BrClNO. The van der Waals surface area contributed by atoms with Crippen molar-refractivity contribution in [2.75, 3.05) is 6.54 Å². The highest BCUT2D eigenvalue weighted by molar-refractivity contribution is 9.10. The van der Waals surface area contributed by atoms with Crippen LogP contribution in [0.4, 0.5) is 0 Å². The molecule has 4 heteroatoms. The van der Waals surface area contributed by atoms with Crippen LogP contribution in [-0.4, -0.2) is 6.54 Å². The number of aryl methyl sites for hydroxylation is 1. The lowest BCUT2D eigenvalue weighted by molar-refractivity contribution is 0.426. The van der Waals surface area contributed by atoms with Crippen molar-refractivity contribution in [3.63, 3.8) is 0 Å². The lowest BCUT2D eigenvalue weighted by Crippen LogP contribution is -2.21. The third-order valence-electron chi connectivity index (χ3n) is 2.94. The van der Waals surface area contributed by atoms with Crippen molar-refractivity contribution in [1.82, 2.24) is 5.32 Å². The van der Waals surface area contributed by atoms with Crippen LogP contribution in [0.2, 0.25) is 5.02 Å². The van der Waals surface area contributed by atoms with Crippen molar-refractivity contribution in [3.05, 3.63) is 56.9 Å². The van der Waals surface area contributed by atoms with Gasteiger partial charge in [-0.2, -0.15) is 0 Å². The molecule has 0 fully saturated rings. The van der Waals surface area contributed by atoms with Gasteiger partial charge in [-0.1, -0.05) is 41.4 Å². The zero-order chi connectivity index (χ0) is 13.8. The number of halogens is 2. The lowest BCUT2D eigenvalue weighted by atomic mass is 10.0. The van der Waals surface area contributed by atoms with E-state index in [9.17, 15) is 0 Å². The maximum absolute atomic E-state index is 6.13. The summed E-state index contributed by atoms with van der Waals surface area (Å²) in [4.78, 5) is 0. The zero-order valence-corrected chi connectivity index (χ0v) is 13.4. The number of nitrogens with one attached hydrogen (secondary N) is 1. The molecule has 1 aromatic heterocycles. The minimum atomic E-state index is 0.0281. The van der Waals surface area contributed by atoms with Crippen molar-refractivity contribution in [3.8, 4) is 0 Å². The molecule has 1 atom stereocenters. The van der Waals surface area contributed by atoms with Gasteiger partial charge in [-0.15, -0.1) is 0 Å². The van der Waals surface area contributed by atoms with Crippen molar-refractivity contribution in [2.24, 2.45) is 0 Å². The lowest BCUT2D eigenvalue weighted by Gasteiger charge is -2.17. The van der Waals surface area contributed by atoms with Gasteiger partial charge < -0.3 is 9.73 Å². The number of hydrogen-bond acceptors (Lipinski definition) is 2. The Kier molecular flexibility index (Phi) is 5.08. The molecule has 0 saturated carbocycles. The van der Waals surface area contributed by atoms with E-state index in [2.05, 4.69) is 41.2 Å². The Morgan fingerprint density at radius 2 is 2.05 bits per heavy atom. The van der Waals surface area contributed by atoms with Crippen LogP contribution in [0.5, 0.6) is 0 Å². The summed E-state index contributed by atoms with van der Waals surface area (Å²) in [6, 6.07) is 10.00. The van der Waals surface area contributed by atoms with E-state index < -0.39 is 0 Å². The molecule has 0 radical (unpaired) electrons. The van der Waals surface area contributed by atoms with E-state index in [-0.39, 0.29) is 6.04 Å². The van der Waals surface area contributed by atoms with Gasteiger partial charge in [0.15, 0.2) is 0 Å². The van der Waals surface area contributed by atoms with E-state index in [0.717, 1.165) is 39.5 Å². The highest BCUT2D eigenvalue weighted by atomic mass is 79.9. The van der Waals surface area contributed by atoms with Gasteiger partial charge in [0.05, 0.1) is 6.04 Å². The molecule has 19 heavy (non-hydrogen) atoms. The first kappa shape index (κ1) is 14.6. The molecule has 0 aliphatic heterocycles. The second-order valence-electron chi connectivity index (χ2n) is 4.35. The summed E-state index contributed by atoms with van der Waals surface area (Å²) in [5, 5.41) is 4.15. The Morgan fingerprint density at radius 3 is 2.63 bits per heavy atom. The largest absolute Gasteiger partial charge is 0.464 e. The summed E-state index contributed by atoms with van der Waals surface area (Å²) in [5.74, 6) is 1.92. The number of furan rings is 1. The second-order valence-corrected chi connectivity index (χ2v) is 5.70. The van der Waals surface area contributed by atoms with Crippen molar-refractivity contribution < 1.29 is 4.42 Å². The van der Waals surface area contributed by atoms with Crippen molar-refractivity contribution in [1.29, 1.82) is 0 Å². The van der Waals surface area contributed by atoms with Crippen LogP contribution in [0, 0.1) is 0 Å². The Bertz CT molecular complexity index is 533. The Hall–Kier alpha value is -0.770. The average Bonchev–Trinajstić information content (AvgIpc) is 2.83. The average molecular weight is 343 g/mol. The maximum Gasteiger partial charge on any atom is 0.125 e. The van der Waals surface area contributed by atoms with Crippen LogP contribution in [-0.2, 0) is 6.42 Å². The number of benzene rings is 1. The Labute approximate surface area is 127 Å². The van der Waals surface area contributed by atoms with Crippen molar-refractivity contribution >= 4 is 27.5 Å². The third kappa shape index (κ3) is 3.62. The van der Waals surface area contributed by atoms with Crippen LogP contribution < -0.4 is 5.32 Å². The van der Waals surface area contributed by atoms with Gasteiger partial charge in [-0.3, -0.25) is 0 Å². The van der Waals surface area contributed by atoms with E-state index in [1.807, 2.05) is 24.3 Å². The summed E-state index contributed by atoms with van der Waals surface area (Å²) in [6.45, 7) is 5.02. The molecule has 0 bridgehead atoms. The van der Waals surface area contributed by atoms with Gasteiger partial charge in [0, 0.05) is 15.9 Å². The molecule has 2 nitrogen and oxygen atoms in total. The van der Waals surface area contributed by atoms with Gasteiger partial charge in [0.2, 0.25) is 0 Å². The fraction of sp³-hybridized carbons (Fsp3) is 0.333. The van der Waals surface area contributed by atoms with Gasteiger partial charge >= 0.3 is 0 Å². The highest BCUT2D eigenvalue weighted by Crippen LogP contribution is 2.29. The normalized spacial score (nSPS) is 12.6. The van der Waals surface area contributed by atoms with Gasteiger partial charge in [-0.25, -0.2) is 0 Å². The van der Waals surface area contributed by atoms with Crippen LogP contribution >= 0.6 is 27.5 Å². The molecule has 1 heterocycles. The van der Waals surface area contributed by atoms with E-state index in [0.29, 0.717) is 0 Å². The van der Waals surface area contributed by atoms with Crippen LogP contribution in [0.1, 0.15) is 37.0 Å². The molecule has 102 valence electrons. The zero-order valence-electron chi connectivity index (χ0n) is 11.0. The predicted molar refractivity (Wildman–Crippen MR) is 82.8 cm³/mol. The van der Waals surface area contributed by atoms with Gasteiger partial charge in [0.25, 0.3) is 0 Å². The fourth-order valence-electron chi connectivity index (χ4n) is 2.07. The molecule has 0 amide bonds. The molecule has 1 aromatic carbocycles. The molecule has 1 N–H and O–H groups in total. The fourth-order valence-corrected chi connectivity index (χ4v) is 2.95. The third-order valence-corrected chi connectivity index (χ3v) is 3.62. The van der Waals surface area contributed by atoms with Gasteiger partial charge in [0.1, 0.15) is 11.5 Å². The van der Waals surface area contributed by atoms with Crippen LogP contribution in [0.15, 0.2) is 39.2 Å². The van der Waals surface area contributed by atoms with Crippen LogP contribution in [0.3, 0.4) is 0 Å². The molecule has 0 saturated heterocycles. The number of rotatable bonds is 5. The minimum absolute atomic E-state index is 0.0281. The topological polar surface area (TPSA) is 25.2 Å². The quantitative estimate of drug-likeness (QED) is 0.831. The molecule has 1 unspecified atom stereocenters.